The average molecular weight is 375 g/mol. The maximum absolute atomic E-state index is 13.1. The molecule has 0 aliphatic heterocycles. The third-order valence-corrected chi connectivity index (χ3v) is 5.05. The van der Waals surface area contributed by atoms with Crippen molar-refractivity contribution in [2.45, 2.75) is 0 Å². The largest absolute Gasteiger partial charge is 0.331 e. The van der Waals surface area contributed by atoms with Crippen LogP contribution in [0.4, 0.5) is 0 Å². The van der Waals surface area contributed by atoms with Crippen molar-refractivity contribution in [2.24, 2.45) is 0 Å². The molecule has 0 bridgehead atoms. The second kappa shape index (κ2) is 5.53. The first kappa shape index (κ1) is 15.8. The minimum absolute atomic E-state index is 0.224. The van der Waals surface area contributed by atoms with Crippen LogP contribution in [0.1, 0.15) is 31.8 Å². The monoisotopic (exact) mass is 374 g/mol. The highest BCUT2D eigenvalue weighted by Gasteiger charge is 2.32. The van der Waals surface area contributed by atoms with E-state index in [1.54, 1.807) is 60.7 Å². The molecule has 1 N–H and O–H groups in total. The normalized spacial score (nSPS) is 12.9. The Morgan fingerprint density at radius 2 is 1.52 bits per heavy atom. The van der Waals surface area contributed by atoms with Crippen molar-refractivity contribution < 1.29 is 9.59 Å². The standard InChI is InChI=1S/C21H11ClN2O3/c22-11-4-3-5-12(10-11)24-16-9-8-15-17(18(16)23-21(24)27)20(26)14-7-2-1-6-13(14)19(15)25/h1-10H,(H,23,27). The Morgan fingerprint density at radius 3 is 2.26 bits per heavy atom. The molecular formula is C21H11ClN2O3. The zero-order valence-electron chi connectivity index (χ0n) is 13.8. The van der Waals surface area contributed by atoms with Gasteiger partial charge in [0.2, 0.25) is 0 Å². The van der Waals surface area contributed by atoms with Gasteiger partial charge in [-0.1, -0.05) is 41.9 Å². The van der Waals surface area contributed by atoms with Crippen molar-refractivity contribution in [1.82, 2.24) is 9.55 Å². The van der Waals surface area contributed by atoms with Crippen LogP contribution in [0.15, 0.2) is 65.5 Å². The van der Waals surface area contributed by atoms with Gasteiger partial charge in [-0.15, -0.1) is 0 Å². The summed E-state index contributed by atoms with van der Waals surface area (Å²) in [6, 6.07) is 16.9. The summed E-state index contributed by atoms with van der Waals surface area (Å²) in [4.78, 5) is 41.3. The molecule has 0 saturated heterocycles. The Balaban J connectivity index is 1.84. The Labute approximate surface area is 157 Å². The number of aromatic nitrogens is 2. The number of imidazole rings is 1. The first-order chi connectivity index (χ1) is 13.1. The van der Waals surface area contributed by atoms with Crippen molar-refractivity contribution in [2.75, 3.05) is 0 Å². The number of benzene rings is 3. The molecule has 3 aromatic carbocycles. The number of nitrogens with zero attached hydrogens (tertiary/aromatic N) is 1. The van der Waals surface area contributed by atoms with Gasteiger partial charge in [0.05, 0.1) is 22.3 Å². The third-order valence-electron chi connectivity index (χ3n) is 4.81. The van der Waals surface area contributed by atoms with Gasteiger partial charge in [-0.3, -0.25) is 14.2 Å². The Morgan fingerprint density at radius 1 is 0.778 bits per heavy atom. The van der Waals surface area contributed by atoms with Gasteiger partial charge in [-0.2, -0.15) is 0 Å². The molecule has 6 heteroatoms. The van der Waals surface area contributed by atoms with Crippen LogP contribution in [-0.2, 0) is 0 Å². The molecule has 5 nitrogen and oxygen atoms in total. The summed E-state index contributed by atoms with van der Waals surface area (Å²) in [7, 11) is 0. The molecule has 5 rings (SSSR count). The molecule has 0 radical (unpaired) electrons. The zero-order chi connectivity index (χ0) is 18.7. The maximum Gasteiger partial charge on any atom is 0.331 e. The number of carbonyl (C=O) groups is 2. The van der Waals surface area contributed by atoms with Gasteiger partial charge in [0, 0.05) is 21.7 Å². The summed E-state index contributed by atoms with van der Waals surface area (Å²) in [6.45, 7) is 0. The van der Waals surface area contributed by atoms with E-state index < -0.39 is 5.69 Å². The fourth-order valence-corrected chi connectivity index (χ4v) is 3.82. The Hall–Kier alpha value is -3.44. The van der Waals surface area contributed by atoms with Gasteiger partial charge < -0.3 is 4.98 Å². The van der Waals surface area contributed by atoms with Crippen molar-refractivity contribution in [3.63, 3.8) is 0 Å². The molecule has 1 aliphatic rings. The lowest BCUT2D eigenvalue weighted by Crippen LogP contribution is -2.21. The van der Waals surface area contributed by atoms with Crippen LogP contribution in [0, 0.1) is 0 Å². The number of hydrogen-bond acceptors (Lipinski definition) is 3. The van der Waals surface area contributed by atoms with Gasteiger partial charge in [-0.05, 0) is 30.3 Å². The minimum Gasteiger partial charge on any atom is -0.305 e. The van der Waals surface area contributed by atoms with Gasteiger partial charge in [0.15, 0.2) is 11.6 Å². The van der Waals surface area contributed by atoms with Crippen molar-refractivity contribution in [1.29, 1.82) is 0 Å². The van der Waals surface area contributed by atoms with Crippen molar-refractivity contribution >= 4 is 34.2 Å². The molecule has 27 heavy (non-hydrogen) atoms. The van der Waals surface area contributed by atoms with E-state index in [9.17, 15) is 14.4 Å². The van der Waals surface area contributed by atoms with Crippen LogP contribution >= 0.6 is 11.6 Å². The van der Waals surface area contributed by atoms with Gasteiger partial charge in [-0.25, -0.2) is 4.79 Å². The molecule has 130 valence electrons. The van der Waals surface area contributed by atoms with E-state index in [4.69, 9.17) is 11.6 Å². The molecule has 0 amide bonds. The smallest absolute Gasteiger partial charge is 0.305 e. The van der Waals surface area contributed by atoms with Crippen LogP contribution in [0.5, 0.6) is 0 Å². The summed E-state index contributed by atoms with van der Waals surface area (Å²) in [5, 5.41) is 0.492. The van der Waals surface area contributed by atoms with Crippen molar-refractivity contribution in [3.8, 4) is 5.69 Å². The quantitative estimate of drug-likeness (QED) is 0.485. The van der Waals surface area contributed by atoms with E-state index in [1.165, 1.54) is 4.57 Å². The average Bonchev–Trinajstić information content (AvgIpc) is 3.01. The van der Waals surface area contributed by atoms with E-state index in [2.05, 4.69) is 4.98 Å². The second-order valence-corrected chi connectivity index (χ2v) is 6.77. The van der Waals surface area contributed by atoms with Crippen LogP contribution in [0.3, 0.4) is 0 Å². The summed E-state index contributed by atoms with van der Waals surface area (Å²) < 4.78 is 1.44. The van der Waals surface area contributed by atoms with E-state index >= 15 is 0 Å². The summed E-state index contributed by atoms with van der Waals surface area (Å²) in [6.07, 6.45) is 0. The highest BCUT2D eigenvalue weighted by atomic mass is 35.5. The molecule has 4 aromatic rings. The molecular weight excluding hydrogens is 364 g/mol. The van der Waals surface area contributed by atoms with Gasteiger partial charge in [0.1, 0.15) is 0 Å². The molecule has 1 aromatic heterocycles. The van der Waals surface area contributed by atoms with E-state index in [1.807, 2.05) is 0 Å². The van der Waals surface area contributed by atoms with E-state index in [0.29, 0.717) is 38.4 Å². The second-order valence-electron chi connectivity index (χ2n) is 6.33. The molecule has 0 atom stereocenters. The first-order valence-corrected chi connectivity index (χ1v) is 8.66. The predicted octanol–water partition coefficient (Wildman–Crippen LogP) is 3.75. The molecule has 1 aliphatic carbocycles. The number of fused-ring (bicyclic) bond motifs is 4. The molecule has 0 spiro atoms. The van der Waals surface area contributed by atoms with E-state index in [0.717, 1.165) is 0 Å². The van der Waals surface area contributed by atoms with Gasteiger partial charge >= 0.3 is 5.69 Å². The summed E-state index contributed by atoms with van der Waals surface area (Å²) >= 11 is 6.05. The van der Waals surface area contributed by atoms with Crippen LogP contribution < -0.4 is 5.69 Å². The molecule has 1 heterocycles. The minimum atomic E-state index is -0.403. The lowest BCUT2D eigenvalue weighted by molar-refractivity contribution is 0.0980. The van der Waals surface area contributed by atoms with Crippen LogP contribution in [-0.4, -0.2) is 21.1 Å². The van der Waals surface area contributed by atoms with E-state index in [-0.39, 0.29) is 17.1 Å². The zero-order valence-corrected chi connectivity index (χ0v) is 14.6. The molecule has 0 fully saturated rings. The first-order valence-electron chi connectivity index (χ1n) is 8.28. The number of halogens is 1. The predicted molar refractivity (Wildman–Crippen MR) is 102 cm³/mol. The summed E-state index contributed by atoms with van der Waals surface area (Å²) in [5.74, 6) is -0.497. The van der Waals surface area contributed by atoms with Crippen molar-refractivity contribution in [3.05, 3.63) is 98.4 Å². The Bertz CT molecular complexity index is 1350. The topological polar surface area (TPSA) is 71.9 Å². The fraction of sp³-hybridized carbons (Fsp3) is 0. The third kappa shape index (κ3) is 2.15. The molecule has 0 unspecified atom stereocenters. The summed E-state index contributed by atoms with van der Waals surface area (Å²) in [5.41, 5.74) is 2.30. The lowest BCUT2D eigenvalue weighted by Gasteiger charge is -2.17. The van der Waals surface area contributed by atoms with Crippen LogP contribution in [0.25, 0.3) is 16.7 Å². The SMILES string of the molecule is O=C1c2ccccc2C(=O)c2c1ccc1c2[nH]c(=O)n1-c1cccc(Cl)c1. The lowest BCUT2D eigenvalue weighted by atomic mass is 9.83. The highest BCUT2D eigenvalue weighted by molar-refractivity contribution is 6.32. The fourth-order valence-electron chi connectivity index (χ4n) is 3.63. The number of carbonyl (C=O) groups excluding carboxylic acids is 2. The van der Waals surface area contributed by atoms with Crippen LogP contribution in [0.2, 0.25) is 5.02 Å². The maximum atomic E-state index is 13.1. The number of ketones is 2. The Kier molecular flexibility index (Phi) is 3.23. The number of H-pyrrole nitrogens is 1. The van der Waals surface area contributed by atoms with Gasteiger partial charge in [0.25, 0.3) is 0 Å². The number of aromatic amines is 1. The number of nitrogens with one attached hydrogen (secondary N) is 1. The molecule has 0 saturated carbocycles. The highest BCUT2D eigenvalue weighted by Crippen LogP contribution is 2.32. The number of rotatable bonds is 1. The number of hydrogen-bond donors (Lipinski definition) is 1.